The van der Waals surface area contributed by atoms with E-state index in [-0.39, 0.29) is 12.1 Å². The highest BCUT2D eigenvalue weighted by Crippen LogP contribution is 2.44. The Morgan fingerprint density at radius 1 is 1.11 bits per heavy atom. The molecule has 106 valence electrons. The highest BCUT2D eigenvalue weighted by atomic mass is 31.2. The van der Waals surface area contributed by atoms with E-state index in [1.807, 2.05) is 51.1 Å². The van der Waals surface area contributed by atoms with Crippen LogP contribution in [-0.4, -0.2) is 36.2 Å². The van der Waals surface area contributed by atoms with E-state index in [0.29, 0.717) is 19.3 Å². The number of carbonyl (C=O) groups is 1. The van der Waals surface area contributed by atoms with Crippen LogP contribution in [0.2, 0.25) is 0 Å². The first kappa shape index (κ1) is 16.0. The molecule has 1 amide bonds. The van der Waals surface area contributed by atoms with Crippen molar-refractivity contribution < 1.29 is 9.36 Å². The lowest BCUT2D eigenvalue weighted by Crippen LogP contribution is -2.34. The first-order chi connectivity index (χ1) is 9.07. The molecule has 4 heteroatoms. The minimum absolute atomic E-state index is 0.00522. The normalized spacial score (nSPS) is 13.8. The van der Waals surface area contributed by atoms with Crippen molar-refractivity contribution in [2.45, 2.75) is 27.2 Å². The molecule has 0 N–H and O–H groups in total. The van der Waals surface area contributed by atoms with Gasteiger partial charge in [-0.2, -0.15) is 0 Å². The van der Waals surface area contributed by atoms with Crippen molar-refractivity contribution in [1.29, 1.82) is 0 Å². The number of hydrogen-bond donors (Lipinski definition) is 0. The van der Waals surface area contributed by atoms with E-state index in [1.54, 1.807) is 4.90 Å². The van der Waals surface area contributed by atoms with Gasteiger partial charge in [0.1, 0.15) is 7.14 Å². The molecule has 0 unspecified atom stereocenters. The van der Waals surface area contributed by atoms with Crippen molar-refractivity contribution in [2.24, 2.45) is 0 Å². The minimum Gasteiger partial charge on any atom is -0.343 e. The van der Waals surface area contributed by atoms with Crippen molar-refractivity contribution >= 4 is 18.4 Å². The largest absolute Gasteiger partial charge is 0.343 e. The predicted molar refractivity (Wildman–Crippen MR) is 81.6 cm³/mol. The van der Waals surface area contributed by atoms with Crippen molar-refractivity contribution in [3.05, 3.63) is 30.3 Å². The van der Waals surface area contributed by atoms with E-state index < -0.39 is 7.14 Å². The quantitative estimate of drug-likeness (QED) is 0.721. The Labute approximate surface area is 116 Å². The SMILES string of the molecule is CCC[P@@](=O)(CC(=O)N(CC)CC)c1ccccc1. The first-order valence-electron chi connectivity index (χ1n) is 6.98. The van der Waals surface area contributed by atoms with Gasteiger partial charge in [-0.05, 0) is 20.3 Å². The lowest BCUT2D eigenvalue weighted by atomic mass is 10.4. The molecule has 0 aliphatic heterocycles. The first-order valence-corrected chi connectivity index (χ1v) is 9.06. The summed E-state index contributed by atoms with van der Waals surface area (Å²) in [4.78, 5) is 14.0. The van der Waals surface area contributed by atoms with Gasteiger partial charge < -0.3 is 9.46 Å². The molecule has 0 aromatic heterocycles. The fourth-order valence-electron chi connectivity index (χ4n) is 2.26. The highest BCUT2D eigenvalue weighted by molar-refractivity contribution is 7.72. The summed E-state index contributed by atoms with van der Waals surface area (Å²) in [6, 6.07) is 9.45. The number of hydrogen-bond acceptors (Lipinski definition) is 2. The summed E-state index contributed by atoms with van der Waals surface area (Å²) < 4.78 is 13.1. The van der Waals surface area contributed by atoms with Crippen LogP contribution in [0.25, 0.3) is 0 Å². The summed E-state index contributed by atoms with van der Waals surface area (Å²) in [6.07, 6.45) is 1.59. The average molecular weight is 281 g/mol. The smallest absolute Gasteiger partial charge is 0.230 e. The summed E-state index contributed by atoms with van der Waals surface area (Å²) in [7, 11) is -2.60. The third-order valence-electron chi connectivity index (χ3n) is 3.32. The topological polar surface area (TPSA) is 37.4 Å². The molecule has 0 saturated heterocycles. The van der Waals surface area contributed by atoms with Crippen LogP contribution in [0, 0.1) is 0 Å². The van der Waals surface area contributed by atoms with Crippen LogP contribution in [0.5, 0.6) is 0 Å². The molecule has 0 heterocycles. The fourth-order valence-corrected chi connectivity index (χ4v) is 4.93. The van der Waals surface area contributed by atoms with Gasteiger partial charge in [0, 0.05) is 24.6 Å². The van der Waals surface area contributed by atoms with Gasteiger partial charge in [0.15, 0.2) is 0 Å². The standard InChI is InChI=1S/C15H24NO2P/c1-4-12-19(18,14-10-8-7-9-11-14)13-15(17)16(5-2)6-3/h7-11H,4-6,12-13H2,1-3H3/t19-/m1/s1. The van der Waals surface area contributed by atoms with E-state index in [0.717, 1.165) is 11.7 Å². The Bertz CT molecular complexity index is 441. The second-order valence-corrected chi connectivity index (χ2v) is 7.73. The van der Waals surface area contributed by atoms with Gasteiger partial charge in [0.25, 0.3) is 0 Å². The summed E-state index contributed by atoms with van der Waals surface area (Å²) in [6.45, 7) is 7.27. The van der Waals surface area contributed by atoms with Gasteiger partial charge in [-0.3, -0.25) is 4.79 Å². The van der Waals surface area contributed by atoms with Crippen molar-refractivity contribution in [3.63, 3.8) is 0 Å². The maximum atomic E-state index is 13.1. The molecule has 0 aliphatic carbocycles. The van der Waals surface area contributed by atoms with Crippen molar-refractivity contribution in [2.75, 3.05) is 25.4 Å². The maximum Gasteiger partial charge on any atom is 0.230 e. The van der Waals surface area contributed by atoms with E-state index in [2.05, 4.69) is 0 Å². The summed E-state index contributed by atoms with van der Waals surface area (Å²) in [5.74, 6) is 0.00522. The van der Waals surface area contributed by atoms with Crippen LogP contribution in [0.4, 0.5) is 0 Å². The fraction of sp³-hybridized carbons (Fsp3) is 0.533. The molecular weight excluding hydrogens is 257 g/mol. The second kappa shape index (κ2) is 7.49. The predicted octanol–water partition coefficient (Wildman–Crippen LogP) is 2.95. The maximum absolute atomic E-state index is 13.1. The van der Waals surface area contributed by atoms with Gasteiger partial charge in [-0.1, -0.05) is 37.3 Å². The molecule has 1 rings (SSSR count). The Hall–Kier alpha value is -1.08. The van der Waals surface area contributed by atoms with Crippen LogP contribution in [0.15, 0.2) is 30.3 Å². The van der Waals surface area contributed by atoms with Gasteiger partial charge >= 0.3 is 0 Å². The molecular formula is C15H24NO2P. The molecule has 0 spiro atoms. The van der Waals surface area contributed by atoms with Crippen LogP contribution < -0.4 is 5.30 Å². The average Bonchev–Trinajstić information content (AvgIpc) is 2.41. The number of nitrogens with zero attached hydrogens (tertiary/aromatic N) is 1. The lowest BCUT2D eigenvalue weighted by molar-refractivity contribution is -0.128. The second-order valence-electron chi connectivity index (χ2n) is 4.67. The zero-order chi connectivity index (χ0) is 14.3. The van der Waals surface area contributed by atoms with Crippen LogP contribution in [0.1, 0.15) is 27.2 Å². The molecule has 19 heavy (non-hydrogen) atoms. The van der Waals surface area contributed by atoms with Crippen LogP contribution in [0.3, 0.4) is 0 Å². The molecule has 0 fully saturated rings. The van der Waals surface area contributed by atoms with Gasteiger partial charge in [-0.15, -0.1) is 0 Å². The third kappa shape index (κ3) is 4.21. The summed E-state index contributed by atoms with van der Waals surface area (Å²) in [5, 5.41) is 0.831. The van der Waals surface area contributed by atoms with Crippen molar-refractivity contribution in [3.8, 4) is 0 Å². The monoisotopic (exact) mass is 281 g/mol. The Balaban J connectivity index is 2.95. The number of benzene rings is 1. The summed E-state index contributed by atoms with van der Waals surface area (Å²) >= 11 is 0. The minimum atomic E-state index is -2.60. The molecule has 1 atom stereocenters. The number of carbonyl (C=O) groups excluding carboxylic acids is 1. The summed E-state index contributed by atoms with van der Waals surface area (Å²) in [5.41, 5.74) is 0. The van der Waals surface area contributed by atoms with E-state index in [1.165, 1.54) is 0 Å². The number of amides is 1. The zero-order valence-electron chi connectivity index (χ0n) is 12.1. The van der Waals surface area contributed by atoms with Gasteiger partial charge in [0.2, 0.25) is 5.91 Å². The molecule has 0 saturated carbocycles. The Morgan fingerprint density at radius 3 is 2.16 bits per heavy atom. The zero-order valence-corrected chi connectivity index (χ0v) is 13.0. The molecule has 0 bridgehead atoms. The molecule has 1 aromatic rings. The van der Waals surface area contributed by atoms with Crippen LogP contribution >= 0.6 is 7.14 Å². The van der Waals surface area contributed by atoms with Gasteiger partial charge in [0.05, 0.1) is 6.16 Å². The lowest BCUT2D eigenvalue weighted by Gasteiger charge is -2.23. The van der Waals surface area contributed by atoms with E-state index in [9.17, 15) is 9.36 Å². The Morgan fingerprint density at radius 2 is 1.68 bits per heavy atom. The van der Waals surface area contributed by atoms with Crippen molar-refractivity contribution in [1.82, 2.24) is 4.90 Å². The highest BCUT2D eigenvalue weighted by Gasteiger charge is 2.28. The molecule has 3 nitrogen and oxygen atoms in total. The number of rotatable bonds is 7. The third-order valence-corrected chi connectivity index (χ3v) is 6.51. The molecule has 0 radical (unpaired) electrons. The van der Waals surface area contributed by atoms with Crippen LogP contribution in [-0.2, 0) is 9.36 Å². The molecule has 1 aromatic carbocycles. The van der Waals surface area contributed by atoms with E-state index in [4.69, 9.17) is 0 Å². The van der Waals surface area contributed by atoms with E-state index >= 15 is 0 Å². The van der Waals surface area contributed by atoms with Gasteiger partial charge in [-0.25, -0.2) is 0 Å². The molecule has 0 aliphatic rings. The Kier molecular flexibility index (Phi) is 6.30.